The summed E-state index contributed by atoms with van der Waals surface area (Å²) in [7, 11) is 1.44. The van der Waals surface area contributed by atoms with Gasteiger partial charge in [-0.25, -0.2) is 0 Å². The van der Waals surface area contributed by atoms with Crippen molar-refractivity contribution in [2.75, 3.05) is 26.8 Å². The second-order valence-corrected chi connectivity index (χ2v) is 8.08. The van der Waals surface area contributed by atoms with E-state index in [4.69, 9.17) is 9.73 Å². The number of benzene rings is 1. The van der Waals surface area contributed by atoms with Crippen LogP contribution in [0.1, 0.15) is 25.3 Å². The lowest BCUT2D eigenvalue weighted by molar-refractivity contribution is -0.921. The molecule has 5 atom stereocenters. The molecule has 0 amide bonds. The van der Waals surface area contributed by atoms with E-state index in [1.54, 1.807) is 4.90 Å². The topological polar surface area (TPSA) is 63.3 Å². The number of para-hydroxylation sites is 1. The first-order valence-corrected chi connectivity index (χ1v) is 9.51. The third kappa shape index (κ3) is 1.56. The van der Waals surface area contributed by atoms with Crippen LogP contribution in [0.2, 0.25) is 0 Å². The zero-order valence-electron chi connectivity index (χ0n) is 15.3. The Bertz CT molecular complexity index is 861. The average molecular weight is 353 g/mol. The number of ether oxygens (including phenoxy) is 1. The Balaban J connectivity index is 1.87. The van der Waals surface area contributed by atoms with Crippen LogP contribution in [0.3, 0.4) is 0 Å². The van der Waals surface area contributed by atoms with Gasteiger partial charge in [-0.3, -0.25) is 9.79 Å². The average Bonchev–Trinajstić information content (AvgIpc) is 3.04. The molecule has 1 aliphatic carbocycles. The fourth-order valence-electron chi connectivity index (χ4n) is 6.53. The number of nitrogens with one attached hydrogen (secondary N) is 1. The van der Waals surface area contributed by atoms with Crippen molar-refractivity contribution in [3.63, 3.8) is 0 Å². The molecular formula is C21H25N2O3+. The smallest absolute Gasteiger partial charge is 0.316 e. The molecule has 0 spiro atoms. The first-order valence-electron chi connectivity index (χ1n) is 9.51. The van der Waals surface area contributed by atoms with E-state index in [0.717, 1.165) is 42.9 Å². The summed E-state index contributed by atoms with van der Waals surface area (Å²) in [6.07, 6.45) is 3.84. The summed E-state index contributed by atoms with van der Waals surface area (Å²) in [6, 6.07) is 8.48. The Morgan fingerprint density at radius 1 is 1.46 bits per heavy atom. The van der Waals surface area contributed by atoms with Crippen LogP contribution in [0, 0.1) is 11.3 Å². The highest BCUT2D eigenvalue weighted by Crippen LogP contribution is 2.63. The number of allylic oxidation sites excluding steroid dienone is 1. The Labute approximate surface area is 153 Å². The third-order valence-corrected chi connectivity index (χ3v) is 7.56. The second kappa shape index (κ2) is 5.27. The molecule has 1 aromatic rings. The number of carbonyl (C=O) groups excluding carboxylic acids is 1. The Hall–Kier alpha value is -1.98. The minimum atomic E-state index is -0.989. The quantitative estimate of drug-likeness (QED) is 0.611. The minimum Gasteiger partial charge on any atom is -0.468 e. The zero-order chi connectivity index (χ0) is 18.1. The Kier molecular flexibility index (Phi) is 3.29. The number of carbonyl (C=O) groups is 1. The summed E-state index contributed by atoms with van der Waals surface area (Å²) in [4.78, 5) is 19.9. The Morgan fingerprint density at radius 2 is 2.27 bits per heavy atom. The van der Waals surface area contributed by atoms with Crippen LogP contribution in [0.15, 0.2) is 40.9 Å². The number of rotatable bonds is 2. The summed E-state index contributed by atoms with van der Waals surface area (Å²) in [5.74, 6) is -0.290. The van der Waals surface area contributed by atoms with E-state index in [1.165, 1.54) is 12.7 Å². The summed E-state index contributed by atoms with van der Waals surface area (Å²) in [5.41, 5.74) is 2.90. The fourth-order valence-corrected chi connectivity index (χ4v) is 6.53. The first-order chi connectivity index (χ1) is 12.6. The number of fused-ring (bicyclic) bond motifs is 2. The molecule has 0 radical (unpaired) electrons. The van der Waals surface area contributed by atoms with Crippen molar-refractivity contribution in [2.24, 2.45) is 16.3 Å². The molecule has 3 heterocycles. The lowest BCUT2D eigenvalue weighted by Gasteiger charge is -2.62. The number of aliphatic imine (C=N–C) groups is 1. The minimum absolute atomic E-state index is 0.00380. The monoisotopic (exact) mass is 353 g/mol. The van der Waals surface area contributed by atoms with Crippen molar-refractivity contribution >= 4 is 17.4 Å². The summed E-state index contributed by atoms with van der Waals surface area (Å²) >= 11 is 0. The number of piperidine rings is 2. The fraction of sp³-hybridized carbons (Fsp3) is 0.524. The number of quaternary nitrogens is 1. The van der Waals surface area contributed by atoms with Crippen molar-refractivity contribution in [3.8, 4) is 0 Å². The van der Waals surface area contributed by atoms with Crippen LogP contribution >= 0.6 is 0 Å². The van der Waals surface area contributed by atoms with E-state index in [1.807, 2.05) is 25.1 Å². The molecule has 1 aromatic carbocycles. The standard InChI is InChI=1S/C21H24N2O3/c1-3-13-11-23-9-8-20-14-6-4-5-7-16(14)22-18(20)17(23)10-15(13)21(20,12-24)19(25)26-2/h3-7,15,17,24H,8-12H2,1-2H3/p+1/b13-3-/t15-,17-,20+,21-/m0/s1. The van der Waals surface area contributed by atoms with Crippen LogP contribution in [-0.2, 0) is 14.9 Å². The van der Waals surface area contributed by atoms with Gasteiger partial charge in [0.1, 0.15) is 11.5 Å². The van der Waals surface area contributed by atoms with Gasteiger partial charge in [0.2, 0.25) is 0 Å². The van der Waals surface area contributed by atoms with Gasteiger partial charge in [0.05, 0.1) is 43.6 Å². The molecule has 0 aromatic heterocycles. The molecule has 5 rings (SSSR count). The highest BCUT2D eigenvalue weighted by atomic mass is 16.5. The van der Waals surface area contributed by atoms with E-state index >= 15 is 0 Å². The first kappa shape index (κ1) is 16.2. The lowest BCUT2D eigenvalue weighted by atomic mass is 9.43. The van der Waals surface area contributed by atoms with Crippen LogP contribution in [0.4, 0.5) is 5.69 Å². The van der Waals surface area contributed by atoms with Crippen molar-refractivity contribution in [1.82, 2.24) is 0 Å². The molecule has 3 fully saturated rings. The number of hydrogen-bond donors (Lipinski definition) is 2. The molecule has 1 unspecified atom stereocenters. The van der Waals surface area contributed by atoms with E-state index < -0.39 is 10.8 Å². The second-order valence-electron chi connectivity index (χ2n) is 8.08. The van der Waals surface area contributed by atoms with Gasteiger partial charge in [0, 0.05) is 18.8 Å². The molecule has 3 bridgehead atoms. The maximum absolute atomic E-state index is 13.3. The van der Waals surface area contributed by atoms with Crippen molar-refractivity contribution in [2.45, 2.75) is 31.2 Å². The molecule has 26 heavy (non-hydrogen) atoms. The van der Waals surface area contributed by atoms with E-state index in [2.05, 4.69) is 12.1 Å². The molecule has 3 aliphatic heterocycles. The zero-order valence-corrected chi connectivity index (χ0v) is 15.3. The largest absolute Gasteiger partial charge is 0.468 e. The van der Waals surface area contributed by atoms with Crippen LogP contribution in [0.5, 0.6) is 0 Å². The normalized spacial score (nSPS) is 40.8. The summed E-state index contributed by atoms with van der Waals surface area (Å²) in [6.45, 7) is 3.75. The van der Waals surface area contributed by atoms with Gasteiger partial charge in [0.25, 0.3) is 0 Å². The van der Waals surface area contributed by atoms with E-state index in [9.17, 15) is 9.90 Å². The number of aliphatic hydroxyl groups is 1. The van der Waals surface area contributed by atoms with Gasteiger partial charge < -0.3 is 14.7 Å². The SMILES string of the molecule is C/C=C1/C[NH+]2CC[C@]34C(=Nc5ccccc53)[C@@H]2C[C@@H]1[C@@]4(CO)C(=O)OC. The van der Waals surface area contributed by atoms with Crippen LogP contribution in [-0.4, -0.2) is 49.6 Å². The van der Waals surface area contributed by atoms with Crippen LogP contribution < -0.4 is 4.90 Å². The van der Waals surface area contributed by atoms with Gasteiger partial charge in [0.15, 0.2) is 0 Å². The molecule has 1 saturated carbocycles. The number of hydrogen-bond acceptors (Lipinski definition) is 4. The molecule has 5 nitrogen and oxygen atoms in total. The molecule has 5 heteroatoms. The predicted octanol–water partition coefficient (Wildman–Crippen LogP) is 0.799. The van der Waals surface area contributed by atoms with Gasteiger partial charge >= 0.3 is 5.97 Å². The van der Waals surface area contributed by atoms with Gasteiger partial charge in [-0.15, -0.1) is 0 Å². The maximum Gasteiger partial charge on any atom is 0.316 e. The predicted molar refractivity (Wildman–Crippen MR) is 97.7 cm³/mol. The highest BCUT2D eigenvalue weighted by Gasteiger charge is 2.75. The summed E-state index contributed by atoms with van der Waals surface area (Å²) in [5, 5.41) is 10.8. The highest BCUT2D eigenvalue weighted by molar-refractivity contribution is 6.10. The molecule has 2 N–H and O–H groups in total. The van der Waals surface area contributed by atoms with Crippen LogP contribution in [0.25, 0.3) is 0 Å². The summed E-state index contributed by atoms with van der Waals surface area (Å²) < 4.78 is 5.35. The van der Waals surface area contributed by atoms with Crippen molar-refractivity contribution in [1.29, 1.82) is 0 Å². The van der Waals surface area contributed by atoms with Gasteiger partial charge in [-0.05, 0) is 24.1 Å². The number of methoxy groups -OCH3 is 1. The number of aliphatic hydroxyl groups excluding tert-OH is 1. The maximum atomic E-state index is 13.3. The third-order valence-electron chi connectivity index (χ3n) is 7.56. The van der Waals surface area contributed by atoms with Gasteiger partial charge in [-0.1, -0.05) is 24.3 Å². The number of esters is 1. The number of nitrogens with zero attached hydrogens (tertiary/aromatic N) is 1. The van der Waals surface area contributed by atoms with Crippen molar-refractivity contribution in [3.05, 3.63) is 41.5 Å². The Morgan fingerprint density at radius 3 is 3.00 bits per heavy atom. The molecular weight excluding hydrogens is 328 g/mol. The van der Waals surface area contributed by atoms with Crippen molar-refractivity contribution < 1.29 is 19.5 Å². The molecule has 2 saturated heterocycles. The molecule has 4 aliphatic rings. The van der Waals surface area contributed by atoms with Gasteiger partial charge in [-0.2, -0.15) is 0 Å². The molecule has 136 valence electrons. The lowest BCUT2D eigenvalue weighted by Crippen LogP contribution is -3.21. The van der Waals surface area contributed by atoms with E-state index in [-0.39, 0.29) is 18.5 Å². The van der Waals surface area contributed by atoms with E-state index in [0.29, 0.717) is 6.04 Å².